The number of anilines is 1. The van der Waals surface area contributed by atoms with E-state index in [1.54, 1.807) is 0 Å². The maximum Gasteiger partial charge on any atom is 0.158 e. The molecule has 15 heavy (non-hydrogen) atoms. The van der Waals surface area contributed by atoms with Crippen molar-refractivity contribution in [1.82, 2.24) is 0 Å². The Morgan fingerprint density at radius 2 is 2.33 bits per heavy atom. The number of nitrogens with zero attached hydrogens (tertiary/aromatic N) is 2. The first-order valence-corrected chi connectivity index (χ1v) is 5.03. The van der Waals surface area contributed by atoms with Gasteiger partial charge in [-0.05, 0) is 25.0 Å². The van der Waals surface area contributed by atoms with E-state index in [4.69, 9.17) is 10.9 Å². The van der Waals surface area contributed by atoms with Crippen molar-refractivity contribution in [2.45, 2.75) is 19.4 Å². The number of fused-ring (bicyclic) bond motifs is 1. The summed E-state index contributed by atoms with van der Waals surface area (Å²) in [7, 11) is 0. The molecule has 1 heterocycles. The first kappa shape index (κ1) is 9.83. The van der Waals surface area contributed by atoms with Crippen molar-refractivity contribution in [2.75, 3.05) is 11.4 Å². The molecule has 0 aromatic heterocycles. The molecule has 0 saturated heterocycles. The number of rotatable bonds is 2. The SMILES string of the molecule is CC1Cc2ccccc2N1C/C(N)=N/O. The van der Waals surface area contributed by atoms with Crippen molar-refractivity contribution >= 4 is 11.5 Å². The number of nitrogens with two attached hydrogens (primary N) is 1. The normalized spacial score (nSPS) is 20.5. The minimum atomic E-state index is 0.249. The fraction of sp³-hybridized carbons (Fsp3) is 0.364. The van der Waals surface area contributed by atoms with Crippen molar-refractivity contribution in [3.63, 3.8) is 0 Å². The molecule has 0 spiro atoms. The van der Waals surface area contributed by atoms with Crippen LogP contribution in [0.3, 0.4) is 0 Å². The molecule has 1 atom stereocenters. The van der Waals surface area contributed by atoms with Crippen LogP contribution < -0.4 is 10.6 Å². The number of oxime groups is 1. The van der Waals surface area contributed by atoms with Crippen molar-refractivity contribution in [3.8, 4) is 0 Å². The van der Waals surface area contributed by atoms with E-state index in [1.807, 2.05) is 12.1 Å². The molecule has 4 nitrogen and oxygen atoms in total. The summed E-state index contributed by atoms with van der Waals surface area (Å²) in [4.78, 5) is 2.16. The maximum atomic E-state index is 8.57. The lowest BCUT2D eigenvalue weighted by Crippen LogP contribution is -2.37. The van der Waals surface area contributed by atoms with Crippen LogP contribution in [0.1, 0.15) is 12.5 Å². The highest BCUT2D eigenvalue weighted by molar-refractivity contribution is 5.85. The molecule has 80 valence electrons. The largest absolute Gasteiger partial charge is 0.409 e. The molecular formula is C11H15N3O. The third-order valence-electron chi connectivity index (χ3n) is 2.81. The smallest absolute Gasteiger partial charge is 0.158 e. The van der Waals surface area contributed by atoms with Crippen LogP contribution in [0, 0.1) is 0 Å². The van der Waals surface area contributed by atoms with Gasteiger partial charge in [0.05, 0.1) is 6.54 Å². The van der Waals surface area contributed by atoms with E-state index in [2.05, 4.69) is 29.1 Å². The van der Waals surface area contributed by atoms with Gasteiger partial charge in [0, 0.05) is 11.7 Å². The molecule has 1 aromatic rings. The number of hydrogen-bond donors (Lipinski definition) is 2. The van der Waals surface area contributed by atoms with E-state index in [0.717, 1.165) is 6.42 Å². The van der Waals surface area contributed by atoms with Crippen LogP contribution in [0.5, 0.6) is 0 Å². The lowest BCUT2D eigenvalue weighted by atomic mass is 10.1. The topological polar surface area (TPSA) is 61.8 Å². The van der Waals surface area contributed by atoms with Crippen LogP contribution in [0.4, 0.5) is 5.69 Å². The Labute approximate surface area is 89.0 Å². The molecular weight excluding hydrogens is 190 g/mol. The summed E-state index contributed by atoms with van der Waals surface area (Å²) >= 11 is 0. The monoisotopic (exact) mass is 205 g/mol. The van der Waals surface area contributed by atoms with E-state index in [-0.39, 0.29) is 5.84 Å². The van der Waals surface area contributed by atoms with Crippen LogP contribution in [-0.2, 0) is 6.42 Å². The zero-order chi connectivity index (χ0) is 10.8. The van der Waals surface area contributed by atoms with E-state index < -0.39 is 0 Å². The highest BCUT2D eigenvalue weighted by Crippen LogP contribution is 2.31. The van der Waals surface area contributed by atoms with Crippen LogP contribution >= 0.6 is 0 Å². The van der Waals surface area contributed by atoms with Crippen molar-refractivity contribution < 1.29 is 5.21 Å². The molecule has 3 N–H and O–H groups in total. The number of para-hydroxylation sites is 1. The second-order valence-corrected chi connectivity index (χ2v) is 3.90. The zero-order valence-corrected chi connectivity index (χ0v) is 8.72. The molecule has 0 bridgehead atoms. The highest BCUT2D eigenvalue weighted by atomic mass is 16.4. The molecule has 1 aromatic carbocycles. The Morgan fingerprint density at radius 1 is 1.60 bits per heavy atom. The molecule has 0 aliphatic carbocycles. The summed E-state index contributed by atoms with van der Waals surface area (Å²) in [5.41, 5.74) is 8.05. The van der Waals surface area contributed by atoms with Gasteiger partial charge in [-0.2, -0.15) is 0 Å². The highest BCUT2D eigenvalue weighted by Gasteiger charge is 2.25. The van der Waals surface area contributed by atoms with Crippen LogP contribution in [0.25, 0.3) is 0 Å². The molecule has 0 amide bonds. The van der Waals surface area contributed by atoms with Crippen molar-refractivity contribution in [1.29, 1.82) is 0 Å². The lowest BCUT2D eigenvalue weighted by molar-refractivity contribution is 0.317. The zero-order valence-electron chi connectivity index (χ0n) is 8.72. The minimum absolute atomic E-state index is 0.249. The third kappa shape index (κ3) is 1.75. The van der Waals surface area contributed by atoms with Crippen LogP contribution in [0.2, 0.25) is 0 Å². The molecule has 0 fully saturated rings. The minimum Gasteiger partial charge on any atom is -0.409 e. The van der Waals surface area contributed by atoms with Gasteiger partial charge in [0.15, 0.2) is 5.84 Å². The summed E-state index contributed by atoms with van der Waals surface area (Å²) in [5, 5.41) is 11.6. The average Bonchev–Trinajstić information content (AvgIpc) is 2.55. The van der Waals surface area contributed by atoms with E-state index in [0.29, 0.717) is 12.6 Å². The number of hydrogen-bond acceptors (Lipinski definition) is 3. The van der Waals surface area contributed by atoms with Gasteiger partial charge in [-0.1, -0.05) is 23.4 Å². The first-order valence-electron chi connectivity index (χ1n) is 5.03. The van der Waals surface area contributed by atoms with Crippen molar-refractivity contribution in [3.05, 3.63) is 29.8 Å². The number of amidine groups is 1. The number of benzene rings is 1. The Hall–Kier alpha value is -1.71. The van der Waals surface area contributed by atoms with E-state index in [1.165, 1.54) is 11.3 Å². The van der Waals surface area contributed by atoms with Gasteiger partial charge in [0.25, 0.3) is 0 Å². The third-order valence-corrected chi connectivity index (χ3v) is 2.81. The van der Waals surface area contributed by atoms with Gasteiger partial charge in [0.1, 0.15) is 0 Å². The molecule has 1 aliphatic heterocycles. The van der Waals surface area contributed by atoms with Crippen LogP contribution in [0.15, 0.2) is 29.4 Å². The second-order valence-electron chi connectivity index (χ2n) is 3.90. The molecule has 4 heteroatoms. The van der Waals surface area contributed by atoms with Gasteiger partial charge in [-0.25, -0.2) is 0 Å². The Bertz CT molecular complexity index is 389. The predicted molar refractivity (Wildman–Crippen MR) is 60.4 cm³/mol. The Kier molecular flexibility index (Phi) is 2.49. The lowest BCUT2D eigenvalue weighted by Gasteiger charge is -2.23. The maximum absolute atomic E-state index is 8.57. The summed E-state index contributed by atoms with van der Waals surface area (Å²) in [6, 6.07) is 8.65. The fourth-order valence-corrected chi connectivity index (χ4v) is 2.08. The van der Waals surface area contributed by atoms with Gasteiger partial charge >= 0.3 is 0 Å². The molecule has 0 radical (unpaired) electrons. The van der Waals surface area contributed by atoms with E-state index in [9.17, 15) is 0 Å². The molecule has 1 aliphatic rings. The van der Waals surface area contributed by atoms with Gasteiger partial charge < -0.3 is 15.8 Å². The second kappa shape index (κ2) is 3.81. The van der Waals surface area contributed by atoms with Crippen molar-refractivity contribution in [2.24, 2.45) is 10.9 Å². The van der Waals surface area contributed by atoms with E-state index >= 15 is 0 Å². The molecule has 2 rings (SSSR count). The Balaban J connectivity index is 2.26. The summed E-state index contributed by atoms with van der Waals surface area (Å²) in [6.45, 7) is 2.62. The fourth-order valence-electron chi connectivity index (χ4n) is 2.08. The van der Waals surface area contributed by atoms with Gasteiger partial charge in [-0.15, -0.1) is 0 Å². The standard InChI is InChI=1S/C11H15N3O/c1-8-6-9-4-2-3-5-10(9)14(8)7-11(12)13-15/h2-5,8,15H,6-7H2,1H3,(H2,12,13). The van der Waals surface area contributed by atoms with Gasteiger partial charge in [-0.3, -0.25) is 0 Å². The predicted octanol–water partition coefficient (Wildman–Crippen LogP) is 1.18. The summed E-state index contributed by atoms with van der Waals surface area (Å²) in [6.07, 6.45) is 1.02. The summed E-state index contributed by atoms with van der Waals surface area (Å²) in [5.74, 6) is 0.249. The summed E-state index contributed by atoms with van der Waals surface area (Å²) < 4.78 is 0. The first-order chi connectivity index (χ1) is 7.22. The van der Waals surface area contributed by atoms with Crippen LogP contribution in [-0.4, -0.2) is 23.6 Å². The van der Waals surface area contributed by atoms with Gasteiger partial charge in [0.2, 0.25) is 0 Å². The quantitative estimate of drug-likeness (QED) is 0.330. The average molecular weight is 205 g/mol. The molecule has 1 unspecified atom stereocenters. The molecule has 0 saturated carbocycles. The Morgan fingerprint density at radius 3 is 3.07 bits per heavy atom.